The van der Waals surface area contributed by atoms with Gasteiger partial charge in [0.1, 0.15) is 10.7 Å². The Kier molecular flexibility index (Phi) is 4.13. The molecule has 1 aromatic rings. The number of anilines is 1. The van der Waals surface area contributed by atoms with Crippen LogP contribution >= 0.6 is 0 Å². The molecule has 1 aromatic heterocycles. The minimum Gasteiger partial charge on any atom is -0.390 e. The second-order valence-corrected chi connectivity index (χ2v) is 8.98. The topological polar surface area (TPSA) is 83.4 Å². The zero-order valence-corrected chi connectivity index (χ0v) is 14.8. The van der Waals surface area contributed by atoms with E-state index >= 15 is 0 Å². The fourth-order valence-corrected chi connectivity index (χ4v) is 4.93. The summed E-state index contributed by atoms with van der Waals surface area (Å²) in [5.74, 6) is 1.64. The highest BCUT2D eigenvalue weighted by Gasteiger charge is 2.48. The first-order valence-electron chi connectivity index (χ1n) is 8.25. The van der Waals surface area contributed by atoms with Crippen LogP contribution in [0, 0.1) is 18.8 Å². The summed E-state index contributed by atoms with van der Waals surface area (Å²) in [5, 5.41) is 10.9. The highest BCUT2D eigenvalue weighted by Crippen LogP contribution is 2.45. The number of fused-ring (bicyclic) bond motifs is 1. The van der Waals surface area contributed by atoms with Crippen molar-refractivity contribution in [3.63, 3.8) is 0 Å². The van der Waals surface area contributed by atoms with Crippen molar-refractivity contribution in [2.45, 2.75) is 50.0 Å². The van der Waals surface area contributed by atoms with Crippen molar-refractivity contribution in [1.82, 2.24) is 9.97 Å². The van der Waals surface area contributed by atoms with Crippen LogP contribution in [0.3, 0.4) is 0 Å². The Morgan fingerprint density at radius 2 is 2.17 bits per heavy atom. The van der Waals surface area contributed by atoms with Gasteiger partial charge in [-0.3, -0.25) is 0 Å². The van der Waals surface area contributed by atoms with E-state index in [1.54, 1.807) is 6.92 Å². The quantitative estimate of drug-likeness (QED) is 0.900. The molecular formula is C16H25N3O3S. The Labute approximate surface area is 137 Å². The van der Waals surface area contributed by atoms with E-state index in [9.17, 15) is 13.5 Å². The molecule has 7 heteroatoms. The molecule has 0 bridgehead atoms. The molecule has 1 saturated carbocycles. The zero-order valence-electron chi connectivity index (χ0n) is 14.0. The van der Waals surface area contributed by atoms with E-state index in [-0.39, 0.29) is 10.8 Å². The van der Waals surface area contributed by atoms with Crippen molar-refractivity contribution in [3.8, 4) is 0 Å². The van der Waals surface area contributed by atoms with Gasteiger partial charge in [0.15, 0.2) is 15.7 Å². The van der Waals surface area contributed by atoms with Gasteiger partial charge in [0.05, 0.1) is 11.8 Å². The van der Waals surface area contributed by atoms with Crippen LogP contribution in [0.5, 0.6) is 0 Å². The molecule has 1 aliphatic heterocycles. The van der Waals surface area contributed by atoms with Crippen molar-refractivity contribution in [1.29, 1.82) is 0 Å². The summed E-state index contributed by atoms with van der Waals surface area (Å²) in [4.78, 5) is 10.7. The lowest BCUT2D eigenvalue weighted by Crippen LogP contribution is -2.44. The molecule has 0 unspecified atom stereocenters. The maximum absolute atomic E-state index is 12.1. The lowest BCUT2D eigenvalue weighted by Gasteiger charge is -2.40. The molecule has 1 N–H and O–H groups in total. The SMILES string of the molecule is CC[C@]1(O)CCC[C@H]2CN(c3nc(C)ncc3S(C)(=O)=O)C[C@H]21. The Morgan fingerprint density at radius 1 is 1.43 bits per heavy atom. The Bertz CT molecular complexity index is 707. The first-order chi connectivity index (χ1) is 10.7. The van der Waals surface area contributed by atoms with Gasteiger partial charge in [-0.1, -0.05) is 13.3 Å². The van der Waals surface area contributed by atoms with Crippen LogP contribution in [0.2, 0.25) is 0 Å². The van der Waals surface area contributed by atoms with Crippen LogP contribution in [-0.4, -0.2) is 48.4 Å². The standard InChI is InChI=1S/C16H25N3O3S/c1-4-16(20)7-5-6-12-9-19(10-13(12)16)15-14(23(3,21)22)8-17-11(2)18-15/h8,12-13,20H,4-7,9-10H2,1-3H3/t12-,13+,16-/m0/s1. The summed E-state index contributed by atoms with van der Waals surface area (Å²) in [6, 6.07) is 0. The van der Waals surface area contributed by atoms with Gasteiger partial charge < -0.3 is 10.0 Å². The third-order valence-corrected chi connectivity index (χ3v) is 6.57. The Balaban J connectivity index is 1.97. The third-order valence-electron chi connectivity index (χ3n) is 5.48. The molecule has 2 heterocycles. The summed E-state index contributed by atoms with van der Waals surface area (Å²) in [6.07, 6.45) is 6.28. The van der Waals surface area contributed by atoms with E-state index < -0.39 is 15.4 Å². The van der Waals surface area contributed by atoms with E-state index in [4.69, 9.17) is 0 Å². The Morgan fingerprint density at radius 3 is 2.83 bits per heavy atom. The first-order valence-corrected chi connectivity index (χ1v) is 10.1. The van der Waals surface area contributed by atoms with Crippen LogP contribution in [0.1, 0.15) is 38.4 Å². The predicted octanol–water partition coefficient (Wildman–Crippen LogP) is 1.57. The fraction of sp³-hybridized carbons (Fsp3) is 0.750. The van der Waals surface area contributed by atoms with Crippen LogP contribution < -0.4 is 4.90 Å². The average molecular weight is 339 g/mol. The average Bonchev–Trinajstić information content (AvgIpc) is 2.91. The molecule has 2 fully saturated rings. The highest BCUT2D eigenvalue weighted by atomic mass is 32.2. The molecule has 2 aliphatic rings. The fourth-order valence-electron chi connectivity index (χ4n) is 4.18. The first kappa shape index (κ1) is 16.6. The molecule has 3 atom stereocenters. The summed E-state index contributed by atoms with van der Waals surface area (Å²) >= 11 is 0. The molecule has 1 aliphatic carbocycles. The second kappa shape index (κ2) is 5.70. The molecule has 128 valence electrons. The van der Waals surface area contributed by atoms with E-state index in [1.165, 1.54) is 12.5 Å². The van der Waals surface area contributed by atoms with Gasteiger partial charge >= 0.3 is 0 Å². The van der Waals surface area contributed by atoms with Gasteiger partial charge in [-0.05, 0) is 32.1 Å². The van der Waals surface area contributed by atoms with Crippen molar-refractivity contribution in [2.75, 3.05) is 24.2 Å². The highest BCUT2D eigenvalue weighted by molar-refractivity contribution is 7.90. The maximum Gasteiger partial charge on any atom is 0.180 e. The Hall–Kier alpha value is -1.21. The van der Waals surface area contributed by atoms with Crippen molar-refractivity contribution >= 4 is 15.7 Å². The summed E-state index contributed by atoms with van der Waals surface area (Å²) < 4.78 is 24.1. The van der Waals surface area contributed by atoms with Crippen LogP contribution in [-0.2, 0) is 9.84 Å². The number of aliphatic hydroxyl groups is 1. The molecule has 3 rings (SSSR count). The smallest absolute Gasteiger partial charge is 0.180 e. The third kappa shape index (κ3) is 2.96. The number of sulfone groups is 1. The monoisotopic (exact) mass is 339 g/mol. The van der Waals surface area contributed by atoms with Crippen molar-refractivity contribution in [2.24, 2.45) is 11.8 Å². The molecule has 1 saturated heterocycles. The molecule has 0 spiro atoms. The number of hydrogen-bond acceptors (Lipinski definition) is 6. The van der Waals surface area contributed by atoms with Gasteiger partial charge in [-0.2, -0.15) is 0 Å². The largest absolute Gasteiger partial charge is 0.390 e. The lowest BCUT2D eigenvalue weighted by atomic mass is 9.69. The molecule has 6 nitrogen and oxygen atoms in total. The summed E-state index contributed by atoms with van der Waals surface area (Å²) in [7, 11) is -3.38. The lowest BCUT2D eigenvalue weighted by molar-refractivity contribution is -0.0597. The summed E-state index contributed by atoms with van der Waals surface area (Å²) in [5.41, 5.74) is -0.634. The number of aryl methyl sites for hydroxylation is 1. The van der Waals surface area contributed by atoms with Crippen molar-refractivity contribution in [3.05, 3.63) is 12.0 Å². The number of aromatic nitrogens is 2. The number of nitrogens with zero attached hydrogens (tertiary/aromatic N) is 3. The molecule has 0 radical (unpaired) electrons. The van der Waals surface area contributed by atoms with Crippen LogP contribution in [0.4, 0.5) is 5.82 Å². The van der Waals surface area contributed by atoms with Gasteiger partial charge in [-0.15, -0.1) is 0 Å². The van der Waals surface area contributed by atoms with Gasteiger partial charge in [-0.25, -0.2) is 18.4 Å². The van der Waals surface area contributed by atoms with Gasteiger partial charge in [0.2, 0.25) is 0 Å². The minimum atomic E-state index is -3.38. The van der Waals surface area contributed by atoms with Crippen molar-refractivity contribution < 1.29 is 13.5 Å². The number of hydrogen-bond donors (Lipinski definition) is 1. The van der Waals surface area contributed by atoms with Crippen LogP contribution in [0.15, 0.2) is 11.1 Å². The molecular weight excluding hydrogens is 314 g/mol. The maximum atomic E-state index is 12.1. The molecule has 0 aromatic carbocycles. The summed E-state index contributed by atoms with van der Waals surface area (Å²) in [6.45, 7) is 5.21. The van der Waals surface area contributed by atoms with Gasteiger partial charge in [0.25, 0.3) is 0 Å². The van der Waals surface area contributed by atoms with Gasteiger partial charge in [0, 0.05) is 25.3 Å². The van der Waals surface area contributed by atoms with E-state index in [0.29, 0.717) is 24.1 Å². The predicted molar refractivity (Wildman–Crippen MR) is 88.2 cm³/mol. The minimum absolute atomic E-state index is 0.182. The molecule has 0 amide bonds. The van der Waals surface area contributed by atoms with E-state index in [1.807, 2.05) is 11.8 Å². The van der Waals surface area contributed by atoms with E-state index in [0.717, 1.165) is 32.2 Å². The van der Waals surface area contributed by atoms with Crippen LogP contribution in [0.25, 0.3) is 0 Å². The zero-order chi connectivity index (χ0) is 16.8. The second-order valence-electron chi connectivity index (χ2n) is 7.00. The van der Waals surface area contributed by atoms with E-state index in [2.05, 4.69) is 9.97 Å². The number of rotatable bonds is 3. The normalized spacial score (nSPS) is 31.2. The molecule has 23 heavy (non-hydrogen) atoms.